The fourth-order valence-electron chi connectivity index (χ4n) is 3.21. The minimum atomic E-state index is 0.172. The Balaban J connectivity index is 1.59. The zero-order chi connectivity index (χ0) is 16.2. The first-order valence-electron chi connectivity index (χ1n) is 8.03. The summed E-state index contributed by atoms with van der Waals surface area (Å²) in [6, 6.07) is 16.4. The number of fused-ring (bicyclic) bond motifs is 1. The number of nitrogens with zero attached hydrogens (tertiary/aromatic N) is 1. The maximum atomic E-state index is 12.6. The van der Waals surface area contributed by atoms with Crippen LogP contribution in [-0.4, -0.2) is 25.6 Å². The summed E-state index contributed by atoms with van der Waals surface area (Å²) in [5.41, 5.74) is 3.49. The highest BCUT2D eigenvalue weighted by Gasteiger charge is 2.30. The van der Waals surface area contributed by atoms with Gasteiger partial charge in [-0.3, -0.25) is 4.79 Å². The van der Waals surface area contributed by atoms with Crippen molar-refractivity contribution in [3.63, 3.8) is 0 Å². The molecule has 0 fully saturated rings. The number of para-hydroxylation sites is 1. The van der Waals surface area contributed by atoms with Crippen molar-refractivity contribution in [2.45, 2.75) is 25.9 Å². The summed E-state index contributed by atoms with van der Waals surface area (Å²) in [6.45, 7) is 3.34. The Morgan fingerprint density at radius 2 is 2.09 bits per heavy atom. The predicted molar refractivity (Wildman–Crippen MR) is 90.6 cm³/mol. The standard InChI is InChI=1S/C19H22N2O2/c1-14-10-16-7-3-4-9-18(16)21(14)19(22)13-20-12-15-6-5-8-17(11-15)23-2/h3-9,11,14,20H,10,12-13H2,1-2H3/p+1/t14-/m1/s1. The molecular weight excluding hydrogens is 288 g/mol. The first kappa shape index (κ1) is 15.6. The van der Waals surface area contributed by atoms with Crippen LogP contribution in [0.5, 0.6) is 5.75 Å². The van der Waals surface area contributed by atoms with E-state index in [2.05, 4.69) is 19.1 Å². The van der Waals surface area contributed by atoms with Crippen LogP contribution in [0, 0.1) is 0 Å². The second-order valence-electron chi connectivity index (χ2n) is 5.99. The first-order chi connectivity index (χ1) is 11.2. The van der Waals surface area contributed by atoms with Crippen molar-refractivity contribution in [1.82, 2.24) is 0 Å². The molecule has 23 heavy (non-hydrogen) atoms. The molecular formula is C19H23N2O2+. The number of methoxy groups -OCH3 is 1. The zero-order valence-corrected chi connectivity index (χ0v) is 13.7. The maximum absolute atomic E-state index is 12.6. The van der Waals surface area contributed by atoms with Gasteiger partial charge >= 0.3 is 0 Å². The van der Waals surface area contributed by atoms with Gasteiger partial charge in [-0.05, 0) is 37.1 Å². The molecule has 4 nitrogen and oxygen atoms in total. The van der Waals surface area contributed by atoms with Crippen LogP contribution < -0.4 is 15.0 Å². The molecule has 0 unspecified atom stereocenters. The van der Waals surface area contributed by atoms with E-state index in [4.69, 9.17) is 4.74 Å². The number of carbonyl (C=O) groups is 1. The van der Waals surface area contributed by atoms with Gasteiger partial charge in [-0.1, -0.05) is 30.3 Å². The van der Waals surface area contributed by atoms with Crippen LogP contribution in [0.25, 0.3) is 0 Å². The van der Waals surface area contributed by atoms with Crippen molar-refractivity contribution in [3.8, 4) is 5.75 Å². The van der Waals surface area contributed by atoms with Crippen LogP contribution in [-0.2, 0) is 17.8 Å². The van der Waals surface area contributed by atoms with Gasteiger partial charge in [0, 0.05) is 17.3 Å². The number of amides is 1. The minimum Gasteiger partial charge on any atom is -0.497 e. The summed E-state index contributed by atoms with van der Waals surface area (Å²) < 4.78 is 5.23. The van der Waals surface area contributed by atoms with Crippen molar-refractivity contribution in [2.75, 3.05) is 18.6 Å². The SMILES string of the molecule is COc1cccc(C[NH2+]CC(=O)N2c3ccccc3C[C@H]2C)c1. The number of anilines is 1. The van der Waals surface area contributed by atoms with Gasteiger partial charge in [-0.2, -0.15) is 0 Å². The number of nitrogens with two attached hydrogens (primary N) is 1. The highest BCUT2D eigenvalue weighted by molar-refractivity contribution is 5.96. The number of hydrogen-bond donors (Lipinski definition) is 1. The summed E-state index contributed by atoms with van der Waals surface area (Å²) in [5, 5.41) is 2.05. The summed E-state index contributed by atoms with van der Waals surface area (Å²) in [5.74, 6) is 1.02. The molecule has 0 saturated carbocycles. The number of carbonyl (C=O) groups excluding carboxylic acids is 1. The molecule has 2 aromatic carbocycles. The molecule has 3 rings (SSSR count). The predicted octanol–water partition coefficient (Wildman–Crippen LogP) is 1.74. The Morgan fingerprint density at radius 3 is 2.91 bits per heavy atom. The van der Waals surface area contributed by atoms with Gasteiger partial charge in [0.15, 0.2) is 6.54 Å². The van der Waals surface area contributed by atoms with Gasteiger partial charge in [0.2, 0.25) is 0 Å². The van der Waals surface area contributed by atoms with E-state index in [1.807, 2.05) is 46.6 Å². The highest BCUT2D eigenvalue weighted by Crippen LogP contribution is 2.31. The maximum Gasteiger partial charge on any atom is 0.282 e. The summed E-state index contributed by atoms with van der Waals surface area (Å²) in [6.07, 6.45) is 0.942. The molecule has 2 aromatic rings. The summed E-state index contributed by atoms with van der Waals surface area (Å²) in [4.78, 5) is 14.5. The van der Waals surface area contributed by atoms with Crippen LogP contribution in [0.1, 0.15) is 18.1 Å². The van der Waals surface area contributed by atoms with Crippen LogP contribution in [0.3, 0.4) is 0 Å². The minimum absolute atomic E-state index is 0.172. The smallest absolute Gasteiger partial charge is 0.282 e. The number of hydrogen-bond acceptors (Lipinski definition) is 2. The van der Waals surface area contributed by atoms with Gasteiger partial charge in [0.05, 0.1) is 7.11 Å². The average Bonchev–Trinajstić information content (AvgIpc) is 2.90. The molecule has 1 heterocycles. The normalized spacial score (nSPS) is 16.3. The van der Waals surface area contributed by atoms with E-state index in [-0.39, 0.29) is 11.9 Å². The topological polar surface area (TPSA) is 46.1 Å². The molecule has 0 radical (unpaired) electrons. The van der Waals surface area contributed by atoms with Crippen molar-refractivity contribution < 1.29 is 14.8 Å². The molecule has 0 spiro atoms. The average molecular weight is 311 g/mol. The van der Waals surface area contributed by atoms with E-state index in [9.17, 15) is 4.79 Å². The van der Waals surface area contributed by atoms with Crippen LogP contribution in [0.2, 0.25) is 0 Å². The quantitative estimate of drug-likeness (QED) is 0.914. The third kappa shape index (κ3) is 3.37. The lowest BCUT2D eigenvalue weighted by Gasteiger charge is -2.21. The van der Waals surface area contributed by atoms with Gasteiger partial charge < -0.3 is 15.0 Å². The summed E-state index contributed by atoms with van der Waals surface area (Å²) in [7, 11) is 1.67. The largest absolute Gasteiger partial charge is 0.497 e. The summed E-state index contributed by atoms with van der Waals surface area (Å²) >= 11 is 0. The van der Waals surface area contributed by atoms with E-state index < -0.39 is 0 Å². The third-order valence-corrected chi connectivity index (χ3v) is 4.31. The van der Waals surface area contributed by atoms with E-state index in [1.54, 1.807) is 7.11 Å². The third-order valence-electron chi connectivity index (χ3n) is 4.31. The molecule has 2 N–H and O–H groups in total. The number of benzene rings is 2. The van der Waals surface area contributed by atoms with Crippen molar-refractivity contribution >= 4 is 11.6 Å². The highest BCUT2D eigenvalue weighted by atomic mass is 16.5. The van der Waals surface area contributed by atoms with Crippen LogP contribution in [0.15, 0.2) is 48.5 Å². The van der Waals surface area contributed by atoms with Crippen molar-refractivity contribution in [3.05, 3.63) is 59.7 Å². The van der Waals surface area contributed by atoms with E-state index in [1.165, 1.54) is 5.56 Å². The number of ether oxygens (including phenoxy) is 1. The fourth-order valence-corrected chi connectivity index (χ4v) is 3.21. The van der Waals surface area contributed by atoms with Crippen LogP contribution >= 0.6 is 0 Å². The second-order valence-corrected chi connectivity index (χ2v) is 5.99. The Bertz CT molecular complexity index is 699. The lowest BCUT2D eigenvalue weighted by molar-refractivity contribution is -0.659. The molecule has 0 bridgehead atoms. The van der Waals surface area contributed by atoms with Gasteiger partial charge in [-0.15, -0.1) is 0 Å². The monoisotopic (exact) mass is 311 g/mol. The molecule has 0 saturated heterocycles. The lowest BCUT2D eigenvalue weighted by atomic mass is 10.1. The Hall–Kier alpha value is -2.33. The van der Waals surface area contributed by atoms with Gasteiger partial charge in [0.25, 0.3) is 5.91 Å². The number of quaternary nitrogens is 1. The Kier molecular flexibility index (Phi) is 4.63. The van der Waals surface area contributed by atoms with E-state index >= 15 is 0 Å². The molecule has 4 heteroatoms. The second kappa shape index (κ2) is 6.84. The van der Waals surface area contributed by atoms with Crippen molar-refractivity contribution in [2.24, 2.45) is 0 Å². The fraction of sp³-hybridized carbons (Fsp3) is 0.316. The zero-order valence-electron chi connectivity index (χ0n) is 13.7. The molecule has 1 aliphatic rings. The van der Waals surface area contributed by atoms with Crippen molar-refractivity contribution in [1.29, 1.82) is 0 Å². The van der Waals surface area contributed by atoms with E-state index in [0.29, 0.717) is 6.54 Å². The molecule has 0 aliphatic carbocycles. The molecule has 1 amide bonds. The number of rotatable bonds is 5. The first-order valence-corrected chi connectivity index (χ1v) is 8.03. The molecule has 120 valence electrons. The lowest BCUT2D eigenvalue weighted by Crippen LogP contribution is -2.85. The Labute approximate surface area is 137 Å². The van der Waals surface area contributed by atoms with Crippen LogP contribution in [0.4, 0.5) is 5.69 Å². The molecule has 1 atom stereocenters. The van der Waals surface area contributed by atoms with Gasteiger partial charge in [-0.25, -0.2) is 0 Å². The molecule has 1 aliphatic heterocycles. The van der Waals surface area contributed by atoms with Gasteiger partial charge in [0.1, 0.15) is 12.3 Å². The van der Waals surface area contributed by atoms with E-state index in [0.717, 1.165) is 30.0 Å². The Morgan fingerprint density at radius 1 is 1.26 bits per heavy atom. The molecule has 0 aromatic heterocycles.